The summed E-state index contributed by atoms with van der Waals surface area (Å²) in [6.07, 6.45) is 5.89. The normalized spacial score (nSPS) is 13.1. The Kier molecular flexibility index (Phi) is 13.6. The minimum absolute atomic E-state index is 0. The summed E-state index contributed by atoms with van der Waals surface area (Å²) in [7, 11) is 0. The Morgan fingerprint density at radius 1 is 0.755 bits per heavy atom. The number of carbonyl (C=O) groups is 1. The van der Waals surface area contributed by atoms with E-state index >= 15 is 0 Å². The van der Waals surface area contributed by atoms with Crippen molar-refractivity contribution < 1.29 is 27.8 Å². The van der Waals surface area contributed by atoms with Gasteiger partial charge in [-0.15, -0.1) is 12.4 Å². The smallest absolute Gasteiger partial charge is 0.246 e. The molecule has 0 spiro atoms. The van der Waals surface area contributed by atoms with Crippen LogP contribution in [0, 0.1) is 32.4 Å². The lowest BCUT2D eigenvalue weighted by atomic mass is 10.0. The molecule has 1 amide bonds. The number of aromatic nitrogens is 1. The first-order chi connectivity index (χ1) is 25.2. The van der Waals surface area contributed by atoms with Crippen LogP contribution in [0.25, 0.3) is 6.08 Å². The van der Waals surface area contributed by atoms with E-state index in [1.54, 1.807) is 48.7 Å². The fourth-order valence-electron chi connectivity index (χ4n) is 6.21. The maximum Gasteiger partial charge on any atom is 0.246 e. The van der Waals surface area contributed by atoms with Crippen LogP contribution in [0.5, 0.6) is 23.1 Å². The summed E-state index contributed by atoms with van der Waals surface area (Å²) in [5.41, 5.74) is 7.35. The molecule has 1 saturated heterocycles. The highest BCUT2D eigenvalue weighted by molar-refractivity contribution is 5.92. The maximum atomic E-state index is 13.1. The number of hydrogen-bond acceptors (Lipinski definition) is 6. The predicted octanol–water partition coefficient (Wildman–Crippen LogP) is 9.06. The molecule has 4 aromatic carbocycles. The highest BCUT2D eigenvalue weighted by atomic mass is 35.5. The van der Waals surface area contributed by atoms with Crippen molar-refractivity contribution >= 4 is 24.4 Å². The second kappa shape index (κ2) is 18.5. The Morgan fingerprint density at radius 3 is 2.04 bits per heavy atom. The molecule has 0 N–H and O–H groups in total. The Hall–Kier alpha value is -5.25. The zero-order valence-electron chi connectivity index (χ0n) is 30.2. The van der Waals surface area contributed by atoms with Crippen LogP contribution in [-0.2, 0) is 24.4 Å². The number of ether oxygens (including phenoxy) is 3. The number of aryl methyl sites for hydroxylation is 3. The molecule has 0 atom stereocenters. The molecule has 2 heterocycles. The highest BCUT2D eigenvalue weighted by Gasteiger charge is 2.20. The van der Waals surface area contributed by atoms with Crippen molar-refractivity contribution in [3.8, 4) is 23.1 Å². The van der Waals surface area contributed by atoms with Gasteiger partial charge < -0.3 is 19.1 Å². The Balaban J connectivity index is 0.00000541. The Morgan fingerprint density at radius 2 is 1.40 bits per heavy atom. The summed E-state index contributed by atoms with van der Waals surface area (Å²) in [4.78, 5) is 21.8. The molecular formula is C43H44ClF2N3O4. The summed E-state index contributed by atoms with van der Waals surface area (Å²) in [5.74, 6) is 1.86. The quantitative estimate of drug-likeness (QED) is 0.112. The summed E-state index contributed by atoms with van der Waals surface area (Å²) in [5, 5.41) is 0. The first-order valence-electron chi connectivity index (χ1n) is 17.5. The first kappa shape index (κ1) is 39.0. The molecule has 10 heteroatoms. The summed E-state index contributed by atoms with van der Waals surface area (Å²) >= 11 is 0. The van der Waals surface area contributed by atoms with Crippen molar-refractivity contribution in [2.45, 2.75) is 40.3 Å². The summed E-state index contributed by atoms with van der Waals surface area (Å²) in [6, 6.07) is 26.4. The average Bonchev–Trinajstić information content (AvgIpc) is 3.14. The Labute approximate surface area is 316 Å². The molecule has 276 valence electrons. The van der Waals surface area contributed by atoms with E-state index in [-0.39, 0.29) is 29.9 Å². The number of amides is 1. The van der Waals surface area contributed by atoms with E-state index < -0.39 is 0 Å². The number of benzene rings is 4. The molecule has 0 bridgehead atoms. The minimum Gasteiger partial charge on any atom is -0.493 e. The van der Waals surface area contributed by atoms with Crippen molar-refractivity contribution in [2.24, 2.45) is 0 Å². The zero-order valence-corrected chi connectivity index (χ0v) is 31.0. The van der Waals surface area contributed by atoms with Crippen LogP contribution in [0.2, 0.25) is 0 Å². The van der Waals surface area contributed by atoms with Crippen LogP contribution in [0.15, 0.2) is 103 Å². The van der Waals surface area contributed by atoms with Crippen molar-refractivity contribution in [1.82, 2.24) is 14.8 Å². The highest BCUT2D eigenvalue weighted by Crippen LogP contribution is 2.30. The number of hydrogen-bond donors (Lipinski definition) is 0. The third kappa shape index (κ3) is 11.1. The number of piperazine rings is 1. The van der Waals surface area contributed by atoms with Crippen LogP contribution < -0.4 is 14.2 Å². The molecule has 53 heavy (non-hydrogen) atoms. The van der Waals surface area contributed by atoms with Gasteiger partial charge in [-0.1, -0.05) is 30.3 Å². The van der Waals surface area contributed by atoms with Crippen molar-refractivity contribution in [1.29, 1.82) is 0 Å². The summed E-state index contributed by atoms with van der Waals surface area (Å²) in [6.45, 7) is 10.7. The number of rotatable bonds is 13. The van der Waals surface area contributed by atoms with E-state index in [0.717, 1.165) is 48.3 Å². The zero-order chi connectivity index (χ0) is 36.5. The van der Waals surface area contributed by atoms with Crippen LogP contribution in [0.3, 0.4) is 0 Å². The topological polar surface area (TPSA) is 64.1 Å². The minimum atomic E-state index is -0.282. The number of nitrogens with zero attached hydrogens (tertiary/aromatic N) is 3. The van der Waals surface area contributed by atoms with E-state index in [9.17, 15) is 13.6 Å². The molecule has 1 aliphatic heterocycles. The van der Waals surface area contributed by atoms with Gasteiger partial charge in [-0.3, -0.25) is 9.69 Å². The molecule has 7 nitrogen and oxygen atoms in total. The second-order valence-electron chi connectivity index (χ2n) is 13.1. The van der Waals surface area contributed by atoms with Gasteiger partial charge in [0.15, 0.2) is 0 Å². The van der Waals surface area contributed by atoms with E-state index in [1.807, 2.05) is 37.0 Å². The lowest BCUT2D eigenvalue weighted by molar-refractivity contribution is -0.127. The SMILES string of the molecule is Cc1cc(CN2CCN(C(=O)/C=C/c3cc(C)c(Oc4ccc(OCc5ccc(F)cc5)cn4)c(C)c3)CC2)ccc1CCOc1ccc(F)cc1.Cl. The van der Waals surface area contributed by atoms with Crippen LogP contribution >= 0.6 is 12.4 Å². The summed E-state index contributed by atoms with van der Waals surface area (Å²) < 4.78 is 43.9. The third-order valence-electron chi connectivity index (χ3n) is 9.09. The van der Waals surface area contributed by atoms with E-state index in [0.29, 0.717) is 49.4 Å². The van der Waals surface area contributed by atoms with E-state index in [1.165, 1.54) is 41.0 Å². The number of carbonyl (C=O) groups excluding carboxylic acids is 1. The maximum absolute atomic E-state index is 13.1. The van der Waals surface area contributed by atoms with Gasteiger partial charge in [-0.05, 0) is 120 Å². The van der Waals surface area contributed by atoms with Crippen molar-refractivity contribution in [2.75, 3.05) is 32.8 Å². The second-order valence-corrected chi connectivity index (χ2v) is 13.1. The fraction of sp³-hybridized carbons (Fsp3) is 0.256. The van der Waals surface area contributed by atoms with Gasteiger partial charge in [0.1, 0.15) is 35.5 Å². The van der Waals surface area contributed by atoms with Gasteiger partial charge in [0, 0.05) is 51.3 Å². The molecule has 0 saturated carbocycles. The van der Waals surface area contributed by atoms with Gasteiger partial charge in [-0.25, -0.2) is 13.8 Å². The van der Waals surface area contributed by atoms with Crippen molar-refractivity contribution in [3.05, 3.63) is 154 Å². The molecule has 1 aliphatic rings. The standard InChI is InChI=1S/C43H43F2N3O4.ClH/c1-30-24-35(4-8-36(30)18-23-50-39-13-11-38(45)12-14-39)28-47-19-21-48(22-20-47)42(49)17-7-34-25-31(2)43(32(3)26-34)52-41-16-15-40(27-46-41)51-29-33-5-9-37(44)10-6-33;/h4-17,24-27H,18-23,28-29H2,1-3H3;1H/b17-7+;. The molecule has 1 aromatic heterocycles. The van der Waals surface area contributed by atoms with Crippen LogP contribution in [0.4, 0.5) is 8.78 Å². The van der Waals surface area contributed by atoms with E-state index in [2.05, 4.69) is 35.0 Å². The van der Waals surface area contributed by atoms with E-state index in [4.69, 9.17) is 14.2 Å². The van der Waals surface area contributed by atoms with Crippen LogP contribution in [0.1, 0.15) is 38.9 Å². The monoisotopic (exact) mass is 739 g/mol. The van der Waals surface area contributed by atoms with Gasteiger partial charge in [-0.2, -0.15) is 0 Å². The molecule has 0 unspecified atom stereocenters. The van der Waals surface area contributed by atoms with Crippen molar-refractivity contribution in [3.63, 3.8) is 0 Å². The number of pyridine rings is 1. The predicted molar refractivity (Wildman–Crippen MR) is 206 cm³/mol. The largest absolute Gasteiger partial charge is 0.493 e. The molecule has 0 radical (unpaired) electrons. The lowest BCUT2D eigenvalue weighted by Gasteiger charge is -2.34. The first-order valence-corrected chi connectivity index (χ1v) is 17.5. The number of halogens is 3. The third-order valence-corrected chi connectivity index (χ3v) is 9.09. The molecular weight excluding hydrogens is 696 g/mol. The fourth-order valence-corrected chi connectivity index (χ4v) is 6.21. The molecule has 1 fully saturated rings. The van der Waals surface area contributed by atoms with Gasteiger partial charge in [0.25, 0.3) is 0 Å². The van der Waals surface area contributed by atoms with Gasteiger partial charge in [0.2, 0.25) is 11.8 Å². The average molecular weight is 740 g/mol. The molecule has 6 rings (SSSR count). The molecule has 5 aromatic rings. The Bertz CT molecular complexity index is 1970. The lowest BCUT2D eigenvalue weighted by Crippen LogP contribution is -2.47. The van der Waals surface area contributed by atoms with Crippen LogP contribution in [-0.4, -0.2) is 53.5 Å². The van der Waals surface area contributed by atoms with Gasteiger partial charge in [0.05, 0.1) is 12.8 Å². The molecule has 0 aliphatic carbocycles. The van der Waals surface area contributed by atoms with Gasteiger partial charge >= 0.3 is 0 Å².